The minimum atomic E-state index is -4.42. The standard InChI is InChI=1S/C19H12F3N9/c20-19(21,22)12-3-1-2-10(6-12)17-25-13-7-16(24-9-14(13)26-17)27-15-5-4-11(8-23-15)18-28-30-31-29-18/h1-9H,(H,25,26)(H,23,24,27)(H,28,29,30,31). The van der Waals surface area contributed by atoms with Crippen molar-refractivity contribution < 1.29 is 13.2 Å². The number of tetrazole rings is 1. The number of aromatic nitrogens is 8. The van der Waals surface area contributed by atoms with E-state index in [1.807, 2.05) is 0 Å². The number of aromatic amines is 2. The van der Waals surface area contributed by atoms with Gasteiger partial charge in [-0.05, 0) is 29.5 Å². The Hall–Kier alpha value is -4.35. The van der Waals surface area contributed by atoms with E-state index < -0.39 is 11.7 Å². The van der Waals surface area contributed by atoms with Gasteiger partial charge in [0, 0.05) is 23.4 Å². The molecule has 9 nitrogen and oxygen atoms in total. The largest absolute Gasteiger partial charge is 0.416 e. The summed E-state index contributed by atoms with van der Waals surface area (Å²) in [4.78, 5) is 16.0. The van der Waals surface area contributed by atoms with E-state index in [9.17, 15) is 13.2 Å². The third-order valence-corrected chi connectivity index (χ3v) is 4.45. The molecule has 0 fully saturated rings. The molecule has 4 aromatic heterocycles. The Kier molecular flexibility index (Phi) is 4.31. The molecule has 0 amide bonds. The summed E-state index contributed by atoms with van der Waals surface area (Å²) in [5, 5.41) is 16.7. The molecule has 31 heavy (non-hydrogen) atoms. The van der Waals surface area contributed by atoms with E-state index in [4.69, 9.17) is 0 Å². The van der Waals surface area contributed by atoms with Gasteiger partial charge < -0.3 is 10.3 Å². The molecule has 154 valence electrons. The number of H-pyrrole nitrogens is 2. The lowest BCUT2D eigenvalue weighted by Gasteiger charge is -2.07. The minimum absolute atomic E-state index is 0.322. The number of fused-ring (bicyclic) bond motifs is 1. The maximum absolute atomic E-state index is 13.0. The summed E-state index contributed by atoms with van der Waals surface area (Å²) in [5.41, 5.74) is 1.44. The Morgan fingerprint density at radius 3 is 2.52 bits per heavy atom. The highest BCUT2D eigenvalue weighted by molar-refractivity contribution is 5.81. The van der Waals surface area contributed by atoms with E-state index in [-0.39, 0.29) is 0 Å². The smallest absolute Gasteiger partial charge is 0.337 e. The quantitative estimate of drug-likeness (QED) is 0.400. The third-order valence-electron chi connectivity index (χ3n) is 4.45. The molecule has 5 aromatic rings. The first-order valence-electron chi connectivity index (χ1n) is 8.96. The van der Waals surface area contributed by atoms with Gasteiger partial charge in [0.05, 0.1) is 22.8 Å². The molecule has 0 bridgehead atoms. The SMILES string of the molecule is FC(F)(F)c1cccc(-c2nc3cc(Nc4ccc(-c5nn[nH]n5)cn4)ncc3[nH]2)c1. The van der Waals surface area contributed by atoms with Gasteiger partial charge in [0.2, 0.25) is 5.82 Å². The molecular weight excluding hydrogens is 411 g/mol. The van der Waals surface area contributed by atoms with Crippen LogP contribution in [-0.2, 0) is 6.18 Å². The predicted octanol–water partition coefficient (Wildman–Crippen LogP) is 3.96. The van der Waals surface area contributed by atoms with E-state index in [1.54, 1.807) is 36.7 Å². The number of imidazole rings is 1. The van der Waals surface area contributed by atoms with Gasteiger partial charge in [0.25, 0.3) is 0 Å². The van der Waals surface area contributed by atoms with Crippen LogP contribution in [-0.4, -0.2) is 40.6 Å². The highest BCUT2D eigenvalue weighted by atomic mass is 19.4. The van der Waals surface area contributed by atoms with Crippen LogP contribution < -0.4 is 5.32 Å². The maximum atomic E-state index is 13.0. The minimum Gasteiger partial charge on any atom is -0.337 e. The van der Waals surface area contributed by atoms with Crippen LogP contribution in [0.2, 0.25) is 0 Å². The fraction of sp³-hybridized carbons (Fsp3) is 0.0526. The number of rotatable bonds is 4. The second-order valence-corrected chi connectivity index (χ2v) is 6.54. The zero-order valence-corrected chi connectivity index (χ0v) is 15.5. The molecule has 0 saturated heterocycles. The fourth-order valence-corrected chi connectivity index (χ4v) is 2.97. The van der Waals surface area contributed by atoms with Crippen LogP contribution in [0.25, 0.3) is 33.8 Å². The summed E-state index contributed by atoms with van der Waals surface area (Å²) < 4.78 is 39.0. The van der Waals surface area contributed by atoms with Crippen molar-refractivity contribution in [1.29, 1.82) is 0 Å². The van der Waals surface area contributed by atoms with Crippen molar-refractivity contribution in [2.45, 2.75) is 6.18 Å². The van der Waals surface area contributed by atoms with Gasteiger partial charge in [-0.3, -0.25) is 0 Å². The highest BCUT2D eigenvalue weighted by Gasteiger charge is 2.30. The summed E-state index contributed by atoms with van der Waals surface area (Å²) >= 11 is 0. The number of hydrogen-bond acceptors (Lipinski definition) is 7. The zero-order chi connectivity index (χ0) is 21.4. The van der Waals surface area contributed by atoms with Gasteiger partial charge in [-0.2, -0.15) is 18.4 Å². The number of halogens is 3. The molecular formula is C19H12F3N9. The van der Waals surface area contributed by atoms with Crippen LogP contribution in [0.4, 0.5) is 24.8 Å². The van der Waals surface area contributed by atoms with Gasteiger partial charge in [-0.25, -0.2) is 15.0 Å². The molecule has 3 N–H and O–H groups in total. The lowest BCUT2D eigenvalue weighted by atomic mass is 10.1. The number of hydrogen-bond donors (Lipinski definition) is 3. The summed E-state index contributed by atoms with van der Waals surface area (Å²) in [6, 6.07) is 10.2. The molecule has 0 aliphatic carbocycles. The Labute approximate surface area is 171 Å². The topological polar surface area (TPSA) is 121 Å². The summed E-state index contributed by atoms with van der Waals surface area (Å²) in [5.74, 6) is 1.77. The maximum Gasteiger partial charge on any atom is 0.416 e. The predicted molar refractivity (Wildman–Crippen MR) is 105 cm³/mol. The second kappa shape index (κ2) is 7.16. The van der Waals surface area contributed by atoms with E-state index in [0.717, 1.165) is 12.1 Å². The Bertz CT molecular complexity index is 1340. The summed E-state index contributed by atoms with van der Waals surface area (Å²) in [6.45, 7) is 0. The monoisotopic (exact) mass is 423 g/mol. The molecule has 0 radical (unpaired) electrons. The van der Waals surface area contributed by atoms with Crippen LogP contribution in [0, 0.1) is 0 Å². The van der Waals surface area contributed by atoms with Crippen molar-refractivity contribution in [2.75, 3.05) is 5.32 Å². The van der Waals surface area contributed by atoms with Crippen molar-refractivity contribution in [3.05, 3.63) is 60.4 Å². The normalized spacial score (nSPS) is 11.7. The summed E-state index contributed by atoms with van der Waals surface area (Å²) in [7, 11) is 0. The third kappa shape index (κ3) is 3.77. The van der Waals surface area contributed by atoms with Gasteiger partial charge >= 0.3 is 6.18 Å². The van der Waals surface area contributed by atoms with Crippen molar-refractivity contribution >= 4 is 22.7 Å². The van der Waals surface area contributed by atoms with Gasteiger partial charge in [0.15, 0.2) is 0 Å². The van der Waals surface area contributed by atoms with Gasteiger partial charge in [-0.15, -0.1) is 10.2 Å². The van der Waals surface area contributed by atoms with Crippen molar-refractivity contribution in [1.82, 2.24) is 40.6 Å². The van der Waals surface area contributed by atoms with Crippen LogP contribution in [0.1, 0.15) is 5.56 Å². The van der Waals surface area contributed by atoms with Crippen molar-refractivity contribution in [3.8, 4) is 22.8 Å². The van der Waals surface area contributed by atoms with Gasteiger partial charge in [-0.1, -0.05) is 12.1 Å². The molecule has 0 aliphatic heterocycles. The molecule has 1 aromatic carbocycles. The van der Waals surface area contributed by atoms with Crippen LogP contribution in [0.5, 0.6) is 0 Å². The lowest BCUT2D eigenvalue weighted by Crippen LogP contribution is -2.04. The van der Waals surface area contributed by atoms with E-state index in [0.29, 0.717) is 45.4 Å². The Morgan fingerprint density at radius 2 is 1.77 bits per heavy atom. The van der Waals surface area contributed by atoms with Crippen molar-refractivity contribution in [2.24, 2.45) is 0 Å². The molecule has 4 heterocycles. The fourth-order valence-electron chi connectivity index (χ4n) is 2.97. The van der Waals surface area contributed by atoms with Crippen LogP contribution in [0.15, 0.2) is 54.9 Å². The Morgan fingerprint density at radius 1 is 0.903 bits per heavy atom. The van der Waals surface area contributed by atoms with Crippen molar-refractivity contribution in [3.63, 3.8) is 0 Å². The van der Waals surface area contributed by atoms with Crippen LogP contribution in [0.3, 0.4) is 0 Å². The first-order chi connectivity index (χ1) is 15.0. The molecule has 12 heteroatoms. The number of pyridine rings is 2. The zero-order valence-electron chi connectivity index (χ0n) is 15.5. The Balaban J connectivity index is 1.40. The highest BCUT2D eigenvalue weighted by Crippen LogP contribution is 2.32. The van der Waals surface area contributed by atoms with E-state index in [2.05, 4.69) is 45.9 Å². The lowest BCUT2D eigenvalue weighted by molar-refractivity contribution is -0.137. The summed E-state index contributed by atoms with van der Waals surface area (Å²) in [6.07, 6.45) is -1.28. The number of alkyl halides is 3. The molecule has 0 atom stereocenters. The van der Waals surface area contributed by atoms with E-state index >= 15 is 0 Å². The first-order valence-corrected chi connectivity index (χ1v) is 8.96. The van der Waals surface area contributed by atoms with Gasteiger partial charge in [0.1, 0.15) is 17.5 Å². The molecule has 0 unspecified atom stereocenters. The second-order valence-electron chi connectivity index (χ2n) is 6.54. The first kappa shape index (κ1) is 18.7. The molecule has 0 saturated carbocycles. The number of benzene rings is 1. The average Bonchev–Trinajstić information content (AvgIpc) is 3.44. The number of anilines is 2. The molecule has 0 aliphatic rings. The van der Waals surface area contributed by atoms with Crippen LogP contribution >= 0.6 is 0 Å². The number of nitrogens with one attached hydrogen (secondary N) is 3. The number of nitrogens with zero attached hydrogens (tertiary/aromatic N) is 6. The average molecular weight is 423 g/mol. The van der Waals surface area contributed by atoms with E-state index in [1.165, 1.54) is 6.07 Å². The molecule has 5 rings (SSSR count). The molecule has 0 spiro atoms.